The molecule has 30 heavy (non-hydrogen) atoms. The van der Waals surface area contributed by atoms with E-state index < -0.39 is 0 Å². The Balaban J connectivity index is 1.18. The summed E-state index contributed by atoms with van der Waals surface area (Å²) in [5.74, 6) is 1.23. The predicted octanol–water partition coefficient (Wildman–Crippen LogP) is 2.72. The van der Waals surface area contributed by atoms with Crippen molar-refractivity contribution in [3.8, 4) is 0 Å². The van der Waals surface area contributed by atoms with Crippen LogP contribution in [0.15, 0.2) is 36.7 Å². The molecule has 2 fully saturated rings. The van der Waals surface area contributed by atoms with E-state index in [0.29, 0.717) is 12.6 Å². The van der Waals surface area contributed by atoms with Gasteiger partial charge in [0.2, 0.25) is 5.91 Å². The van der Waals surface area contributed by atoms with Gasteiger partial charge in [-0.3, -0.25) is 9.69 Å². The van der Waals surface area contributed by atoms with E-state index in [1.165, 1.54) is 37.1 Å². The summed E-state index contributed by atoms with van der Waals surface area (Å²) in [6.07, 6.45) is 8.09. The largest absolute Gasteiger partial charge is 0.349 e. The molecule has 2 aromatic rings. The van der Waals surface area contributed by atoms with E-state index in [1.807, 2.05) is 17.8 Å². The van der Waals surface area contributed by atoms with Gasteiger partial charge in [0.05, 0.1) is 6.54 Å². The van der Waals surface area contributed by atoms with E-state index in [2.05, 4.69) is 51.3 Å². The third-order valence-electron chi connectivity index (χ3n) is 6.97. The molecule has 0 aliphatic carbocycles. The molecule has 2 saturated heterocycles. The average molecular weight is 410 g/mol. The molecular weight excluding hydrogens is 374 g/mol. The third kappa shape index (κ3) is 5.10. The molecule has 2 aliphatic heterocycles. The van der Waals surface area contributed by atoms with Crippen molar-refractivity contribution in [3.05, 3.63) is 53.6 Å². The van der Waals surface area contributed by atoms with Crippen LogP contribution in [-0.2, 0) is 24.9 Å². The lowest BCUT2D eigenvalue weighted by Gasteiger charge is -2.41. The van der Waals surface area contributed by atoms with Crippen LogP contribution in [0.25, 0.3) is 0 Å². The van der Waals surface area contributed by atoms with Gasteiger partial charge in [0.1, 0.15) is 5.82 Å². The van der Waals surface area contributed by atoms with Gasteiger partial charge in [-0.25, -0.2) is 4.98 Å². The van der Waals surface area contributed by atoms with E-state index >= 15 is 0 Å². The Bertz CT molecular complexity index is 832. The van der Waals surface area contributed by atoms with Gasteiger partial charge in [-0.1, -0.05) is 24.3 Å². The second kappa shape index (κ2) is 9.75. The number of aryl methyl sites for hydroxylation is 2. The number of carbonyl (C=O) groups excluding carboxylic acids is 1. The molecule has 0 bridgehead atoms. The Labute approximate surface area is 180 Å². The van der Waals surface area contributed by atoms with Crippen molar-refractivity contribution < 1.29 is 4.79 Å². The Morgan fingerprint density at radius 3 is 2.50 bits per heavy atom. The lowest BCUT2D eigenvalue weighted by Crippen LogP contribution is -2.49. The number of imidazole rings is 1. The summed E-state index contributed by atoms with van der Waals surface area (Å²) in [4.78, 5) is 22.1. The number of hydrogen-bond acceptors (Lipinski definition) is 4. The highest BCUT2D eigenvalue weighted by molar-refractivity contribution is 5.78. The highest BCUT2D eigenvalue weighted by Gasteiger charge is 2.30. The van der Waals surface area contributed by atoms with Crippen molar-refractivity contribution in [2.24, 2.45) is 13.0 Å². The SMILES string of the molecule is Cc1ccccc1CN1CCC(N2CCC(C(=O)NCc3nccn3C)CC2)CC1. The van der Waals surface area contributed by atoms with Crippen LogP contribution in [0.1, 0.15) is 42.6 Å². The summed E-state index contributed by atoms with van der Waals surface area (Å²) in [6, 6.07) is 9.40. The number of hydrogen-bond donors (Lipinski definition) is 1. The van der Waals surface area contributed by atoms with Gasteiger partial charge in [0, 0.05) is 37.9 Å². The Kier molecular flexibility index (Phi) is 6.85. The molecule has 0 unspecified atom stereocenters. The molecular formula is C24H35N5O. The maximum Gasteiger partial charge on any atom is 0.223 e. The number of benzene rings is 1. The number of amides is 1. The molecule has 6 nitrogen and oxygen atoms in total. The van der Waals surface area contributed by atoms with E-state index in [-0.39, 0.29) is 11.8 Å². The van der Waals surface area contributed by atoms with Gasteiger partial charge >= 0.3 is 0 Å². The molecule has 1 aromatic carbocycles. The molecule has 2 aliphatic rings. The number of likely N-dealkylation sites (tertiary alicyclic amines) is 2. The molecule has 0 radical (unpaired) electrons. The van der Waals surface area contributed by atoms with Gasteiger partial charge in [0.25, 0.3) is 0 Å². The van der Waals surface area contributed by atoms with Crippen molar-refractivity contribution in [3.63, 3.8) is 0 Å². The van der Waals surface area contributed by atoms with Crippen molar-refractivity contribution in [1.29, 1.82) is 0 Å². The minimum absolute atomic E-state index is 0.141. The number of rotatable bonds is 6. The maximum absolute atomic E-state index is 12.6. The predicted molar refractivity (Wildman–Crippen MR) is 119 cm³/mol. The smallest absolute Gasteiger partial charge is 0.223 e. The molecule has 4 rings (SSSR count). The Morgan fingerprint density at radius 1 is 1.10 bits per heavy atom. The van der Waals surface area contributed by atoms with Gasteiger partial charge in [-0.05, 0) is 69.9 Å². The van der Waals surface area contributed by atoms with Crippen molar-refractivity contribution in [1.82, 2.24) is 24.7 Å². The van der Waals surface area contributed by atoms with Crippen LogP contribution >= 0.6 is 0 Å². The molecule has 0 spiro atoms. The van der Waals surface area contributed by atoms with Gasteiger partial charge in [-0.2, -0.15) is 0 Å². The van der Waals surface area contributed by atoms with Crippen LogP contribution in [0.5, 0.6) is 0 Å². The monoisotopic (exact) mass is 409 g/mol. The first kappa shape index (κ1) is 21.1. The van der Waals surface area contributed by atoms with Crippen molar-refractivity contribution in [2.75, 3.05) is 26.2 Å². The average Bonchev–Trinajstić information content (AvgIpc) is 3.19. The maximum atomic E-state index is 12.6. The van der Waals surface area contributed by atoms with Crippen LogP contribution in [0, 0.1) is 12.8 Å². The van der Waals surface area contributed by atoms with E-state index in [1.54, 1.807) is 6.20 Å². The van der Waals surface area contributed by atoms with E-state index in [0.717, 1.165) is 38.3 Å². The molecule has 0 atom stereocenters. The minimum Gasteiger partial charge on any atom is -0.349 e. The second-order valence-corrected chi connectivity index (χ2v) is 8.92. The number of nitrogens with one attached hydrogen (secondary N) is 1. The van der Waals surface area contributed by atoms with Gasteiger partial charge in [-0.15, -0.1) is 0 Å². The summed E-state index contributed by atoms with van der Waals surface area (Å²) in [5.41, 5.74) is 2.84. The lowest BCUT2D eigenvalue weighted by atomic mass is 9.92. The molecule has 3 heterocycles. The molecule has 6 heteroatoms. The van der Waals surface area contributed by atoms with Gasteiger partial charge < -0.3 is 14.8 Å². The molecule has 1 aromatic heterocycles. The quantitative estimate of drug-likeness (QED) is 0.797. The van der Waals surface area contributed by atoms with Crippen molar-refractivity contribution >= 4 is 5.91 Å². The van der Waals surface area contributed by atoms with Crippen LogP contribution < -0.4 is 5.32 Å². The third-order valence-corrected chi connectivity index (χ3v) is 6.97. The molecule has 1 N–H and O–H groups in total. The first-order valence-electron chi connectivity index (χ1n) is 11.3. The lowest BCUT2D eigenvalue weighted by molar-refractivity contribution is -0.127. The van der Waals surface area contributed by atoms with Gasteiger partial charge in [0.15, 0.2) is 0 Å². The Morgan fingerprint density at radius 2 is 1.83 bits per heavy atom. The molecule has 1 amide bonds. The number of nitrogens with zero attached hydrogens (tertiary/aromatic N) is 4. The normalized spacial score (nSPS) is 19.8. The van der Waals surface area contributed by atoms with Crippen LogP contribution in [0.4, 0.5) is 0 Å². The first-order chi connectivity index (χ1) is 14.6. The second-order valence-electron chi connectivity index (χ2n) is 8.92. The zero-order valence-electron chi connectivity index (χ0n) is 18.4. The topological polar surface area (TPSA) is 53.4 Å². The van der Waals surface area contributed by atoms with Crippen LogP contribution in [0.2, 0.25) is 0 Å². The summed E-state index contributed by atoms with van der Waals surface area (Å²) in [6.45, 7) is 8.22. The fourth-order valence-electron chi connectivity index (χ4n) is 4.88. The number of carbonyl (C=O) groups is 1. The highest BCUT2D eigenvalue weighted by atomic mass is 16.1. The van der Waals surface area contributed by atoms with E-state index in [9.17, 15) is 4.79 Å². The number of piperidine rings is 2. The molecule has 0 saturated carbocycles. The summed E-state index contributed by atoms with van der Waals surface area (Å²) in [7, 11) is 1.96. The Hall–Kier alpha value is -2.18. The fourth-order valence-corrected chi connectivity index (χ4v) is 4.88. The summed E-state index contributed by atoms with van der Waals surface area (Å²) < 4.78 is 1.95. The van der Waals surface area contributed by atoms with Crippen molar-refractivity contribution in [2.45, 2.75) is 51.7 Å². The zero-order chi connectivity index (χ0) is 20.9. The highest BCUT2D eigenvalue weighted by Crippen LogP contribution is 2.25. The zero-order valence-corrected chi connectivity index (χ0v) is 18.4. The standard InChI is InChI=1S/C24H35N5O/c1-19-5-3-4-6-21(19)18-28-12-9-22(10-13-28)29-14-7-20(8-15-29)24(30)26-17-23-25-11-16-27(23)2/h3-6,11,16,20,22H,7-10,12-15,17-18H2,1-2H3,(H,26,30). The van der Waals surface area contributed by atoms with Crippen LogP contribution in [0.3, 0.4) is 0 Å². The number of aromatic nitrogens is 2. The van der Waals surface area contributed by atoms with Crippen LogP contribution in [-0.4, -0.2) is 57.5 Å². The minimum atomic E-state index is 0.141. The first-order valence-corrected chi connectivity index (χ1v) is 11.3. The van der Waals surface area contributed by atoms with E-state index in [4.69, 9.17) is 0 Å². The molecule has 162 valence electrons. The summed E-state index contributed by atoms with van der Waals surface area (Å²) >= 11 is 0. The fraction of sp³-hybridized carbons (Fsp3) is 0.583. The summed E-state index contributed by atoms with van der Waals surface area (Å²) in [5, 5.41) is 3.08.